The largest absolute Gasteiger partial charge is 0.491 e. The standard InChI is InChI=1S/C17H28O2.C10H16N/c1-16(2,3)13-17(4,5)14-7-9-15(10-8-14)19-12-11-18-6;1-11(2,3)9-10-7-5-4-6-8-10/h7-10H,11-13H2,1-6H3;4-8H,9H2,1-3H3/q;+1. The zero-order valence-corrected chi connectivity index (χ0v) is 20.8. The van der Waals surface area contributed by atoms with Gasteiger partial charge in [-0.3, -0.25) is 0 Å². The van der Waals surface area contributed by atoms with Gasteiger partial charge in [-0.25, -0.2) is 0 Å². The van der Waals surface area contributed by atoms with E-state index < -0.39 is 0 Å². The summed E-state index contributed by atoms with van der Waals surface area (Å²) in [5, 5.41) is 0. The summed E-state index contributed by atoms with van der Waals surface area (Å²) in [5.41, 5.74) is 3.28. The van der Waals surface area contributed by atoms with Crippen LogP contribution < -0.4 is 4.74 Å². The Morgan fingerprint density at radius 1 is 0.767 bits per heavy atom. The molecular formula is C27H44NO2+. The lowest BCUT2D eigenvalue weighted by Gasteiger charge is -2.33. The summed E-state index contributed by atoms with van der Waals surface area (Å²) in [5.74, 6) is 0.910. The third-order valence-corrected chi connectivity index (χ3v) is 4.66. The predicted octanol–water partition coefficient (Wildman–Crippen LogP) is 6.32. The summed E-state index contributed by atoms with van der Waals surface area (Å²) in [4.78, 5) is 0. The van der Waals surface area contributed by atoms with E-state index in [0.717, 1.165) is 23.2 Å². The van der Waals surface area contributed by atoms with Crippen molar-refractivity contribution in [3.8, 4) is 5.75 Å². The van der Waals surface area contributed by atoms with Crippen LogP contribution in [0.2, 0.25) is 0 Å². The fraction of sp³-hybridized carbons (Fsp3) is 0.556. The molecule has 0 unspecified atom stereocenters. The number of methoxy groups -OCH3 is 1. The summed E-state index contributed by atoms with van der Waals surface area (Å²) in [7, 11) is 8.29. The fourth-order valence-corrected chi connectivity index (χ4v) is 3.80. The van der Waals surface area contributed by atoms with Crippen LogP contribution >= 0.6 is 0 Å². The number of quaternary nitrogens is 1. The van der Waals surface area contributed by atoms with Crippen LogP contribution in [0.3, 0.4) is 0 Å². The van der Waals surface area contributed by atoms with Crippen LogP contribution in [0.15, 0.2) is 54.6 Å². The van der Waals surface area contributed by atoms with Crippen LogP contribution in [0.25, 0.3) is 0 Å². The van der Waals surface area contributed by atoms with Gasteiger partial charge >= 0.3 is 0 Å². The maximum Gasteiger partial charge on any atom is 0.119 e. The number of benzene rings is 2. The summed E-state index contributed by atoms with van der Waals surface area (Å²) in [6, 6.07) is 19.0. The summed E-state index contributed by atoms with van der Waals surface area (Å²) in [6.45, 7) is 13.8. The number of nitrogens with zero attached hydrogens (tertiary/aromatic N) is 1. The molecule has 0 saturated heterocycles. The van der Waals surface area contributed by atoms with Gasteiger partial charge < -0.3 is 14.0 Å². The topological polar surface area (TPSA) is 18.5 Å². The lowest BCUT2D eigenvalue weighted by Crippen LogP contribution is -2.33. The van der Waals surface area contributed by atoms with E-state index in [2.05, 4.69) is 110 Å². The molecule has 0 aliphatic heterocycles. The zero-order chi connectivity index (χ0) is 22.8. The van der Waals surface area contributed by atoms with Crippen molar-refractivity contribution < 1.29 is 14.0 Å². The molecule has 0 spiro atoms. The minimum Gasteiger partial charge on any atom is -0.491 e. The number of rotatable bonds is 8. The van der Waals surface area contributed by atoms with E-state index >= 15 is 0 Å². The molecule has 0 saturated carbocycles. The molecule has 0 bridgehead atoms. The molecule has 0 aliphatic carbocycles. The smallest absolute Gasteiger partial charge is 0.119 e. The molecule has 3 heteroatoms. The molecule has 0 heterocycles. The highest BCUT2D eigenvalue weighted by Gasteiger charge is 2.27. The molecule has 0 amide bonds. The van der Waals surface area contributed by atoms with Crippen molar-refractivity contribution in [3.05, 3.63) is 65.7 Å². The minimum absolute atomic E-state index is 0.184. The zero-order valence-electron chi connectivity index (χ0n) is 20.8. The molecule has 2 rings (SSSR count). The first-order chi connectivity index (χ1) is 13.8. The van der Waals surface area contributed by atoms with Crippen LogP contribution in [0.1, 0.15) is 52.2 Å². The average Bonchev–Trinajstić information content (AvgIpc) is 2.60. The summed E-state index contributed by atoms with van der Waals surface area (Å²) in [6.07, 6.45) is 1.16. The van der Waals surface area contributed by atoms with Gasteiger partial charge in [0.25, 0.3) is 0 Å². The van der Waals surface area contributed by atoms with Gasteiger partial charge in [0.1, 0.15) is 18.9 Å². The summed E-state index contributed by atoms with van der Waals surface area (Å²) < 4.78 is 11.6. The number of hydrogen-bond donors (Lipinski definition) is 0. The van der Waals surface area contributed by atoms with Crippen LogP contribution in [0.5, 0.6) is 5.75 Å². The molecule has 0 N–H and O–H groups in total. The lowest BCUT2D eigenvalue weighted by atomic mass is 9.72. The highest BCUT2D eigenvalue weighted by atomic mass is 16.5. The Balaban J connectivity index is 0.000000346. The molecule has 3 nitrogen and oxygen atoms in total. The maximum absolute atomic E-state index is 5.59. The van der Waals surface area contributed by atoms with Crippen molar-refractivity contribution in [2.75, 3.05) is 41.5 Å². The van der Waals surface area contributed by atoms with E-state index in [9.17, 15) is 0 Å². The maximum atomic E-state index is 5.59. The quantitative estimate of drug-likeness (QED) is 0.372. The second-order valence-corrected chi connectivity index (χ2v) is 10.9. The van der Waals surface area contributed by atoms with E-state index in [0.29, 0.717) is 18.6 Å². The van der Waals surface area contributed by atoms with Crippen molar-refractivity contribution >= 4 is 0 Å². The lowest BCUT2D eigenvalue weighted by molar-refractivity contribution is -0.884. The Hall–Kier alpha value is -1.84. The van der Waals surface area contributed by atoms with Gasteiger partial charge in [-0.05, 0) is 34.9 Å². The van der Waals surface area contributed by atoms with Crippen LogP contribution in [0, 0.1) is 5.41 Å². The first-order valence-electron chi connectivity index (χ1n) is 10.9. The van der Waals surface area contributed by atoms with Gasteiger partial charge in [0, 0.05) is 12.7 Å². The molecule has 2 aromatic rings. The minimum atomic E-state index is 0.184. The molecule has 0 aliphatic rings. The molecule has 0 fully saturated rings. The van der Waals surface area contributed by atoms with Crippen molar-refractivity contribution in [1.82, 2.24) is 0 Å². The fourth-order valence-electron chi connectivity index (χ4n) is 3.80. The second-order valence-electron chi connectivity index (χ2n) is 10.9. The molecule has 2 aromatic carbocycles. The Morgan fingerprint density at radius 2 is 1.33 bits per heavy atom. The van der Waals surface area contributed by atoms with Crippen molar-refractivity contribution in [3.63, 3.8) is 0 Å². The van der Waals surface area contributed by atoms with E-state index in [-0.39, 0.29) is 5.41 Å². The normalized spacial score (nSPS) is 12.2. The molecule has 30 heavy (non-hydrogen) atoms. The van der Waals surface area contributed by atoms with E-state index in [4.69, 9.17) is 9.47 Å². The second kappa shape index (κ2) is 11.5. The van der Waals surface area contributed by atoms with Crippen LogP contribution in [0.4, 0.5) is 0 Å². The van der Waals surface area contributed by atoms with Gasteiger partial charge in [0.05, 0.1) is 27.7 Å². The Kier molecular flexibility index (Phi) is 10.1. The third-order valence-electron chi connectivity index (χ3n) is 4.66. The molecule has 168 valence electrons. The highest BCUT2D eigenvalue weighted by Crippen LogP contribution is 2.36. The number of hydrogen-bond acceptors (Lipinski definition) is 2. The van der Waals surface area contributed by atoms with Crippen LogP contribution in [-0.2, 0) is 16.7 Å². The Labute approximate surface area is 185 Å². The predicted molar refractivity (Wildman–Crippen MR) is 129 cm³/mol. The average molecular weight is 415 g/mol. The molecule has 0 radical (unpaired) electrons. The first kappa shape index (κ1) is 26.2. The van der Waals surface area contributed by atoms with E-state index in [1.165, 1.54) is 11.1 Å². The molecule has 0 aromatic heterocycles. The van der Waals surface area contributed by atoms with Gasteiger partial charge in [0.2, 0.25) is 0 Å². The van der Waals surface area contributed by atoms with Gasteiger partial charge in [-0.15, -0.1) is 0 Å². The van der Waals surface area contributed by atoms with Crippen LogP contribution in [-0.4, -0.2) is 45.9 Å². The Morgan fingerprint density at radius 3 is 1.80 bits per heavy atom. The van der Waals surface area contributed by atoms with Crippen molar-refractivity contribution in [2.45, 2.75) is 53.0 Å². The third kappa shape index (κ3) is 11.4. The van der Waals surface area contributed by atoms with E-state index in [1.807, 2.05) is 0 Å². The van der Waals surface area contributed by atoms with E-state index in [1.54, 1.807) is 7.11 Å². The first-order valence-corrected chi connectivity index (χ1v) is 10.9. The van der Waals surface area contributed by atoms with Gasteiger partial charge in [-0.1, -0.05) is 77.1 Å². The van der Waals surface area contributed by atoms with Crippen molar-refractivity contribution in [2.24, 2.45) is 5.41 Å². The van der Waals surface area contributed by atoms with Gasteiger partial charge in [0.15, 0.2) is 0 Å². The monoisotopic (exact) mass is 414 g/mol. The Bertz CT molecular complexity index is 707. The molecular weight excluding hydrogens is 370 g/mol. The summed E-state index contributed by atoms with van der Waals surface area (Å²) >= 11 is 0. The van der Waals surface area contributed by atoms with Crippen molar-refractivity contribution in [1.29, 1.82) is 0 Å². The number of ether oxygens (including phenoxy) is 2. The highest BCUT2D eigenvalue weighted by molar-refractivity contribution is 5.31. The molecule has 0 atom stereocenters. The van der Waals surface area contributed by atoms with Gasteiger partial charge in [-0.2, -0.15) is 0 Å². The SMILES string of the molecule is COCCOc1ccc(C(C)(C)CC(C)(C)C)cc1.C[N+](C)(C)Cc1ccccc1.